The minimum absolute atomic E-state index is 0.0539. The van der Waals surface area contributed by atoms with E-state index in [1.807, 2.05) is 45.0 Å². The molecule has 0 radical (unpaired) electrons. The Kier molecular flexibility index (Phi) is 4.40. The molecule has 5 heteroatoms. The smallest absolute Gasteiger partial charge is 0.228 e. The summed E-state index contributed by atoms with van der Waals surface area (Å²) in [5.41, 5.74) is 3.37. The van der Waals surface area contributed by atoms with Crippen molar-refractivity contribution in [3.8, 4) is 5.75 Å². The molecule has 1 aromatic heterocycles. The van der Waals surface area contributed by atoms with E-state index >= 15 is 0 Å². The number of carbonyl (C=O) groups is 1. The molecule has 2 aromatic rings. The lowest BCUT2D eigenvalue weighted by molar-refractivity contribution is -0.115. The zero-order valence-corrected chi connectivity index (χ0v) is 12.0. The lowest BCUT2D eigenvalue weighted by Gasteiger charge is -2.07. The Hall–Kier alpha value is -2.30. The van der Waals surface area contributed by atoms with Crippen molar-refractivity contribution >= 4 is 11.6 Å². The lowest BCUT2D eigenvalue weighted by atomic mass is 10.1. The lowest BCUT2D eigenvalue weighted by Crippen LogP contribution is -2.15. The summed E-state index contributed by atoms with van der Waals surface area (Å²) >= 11 is 0. The van der Waals surface area contributed by atoms with Crippen LogP contribution in [-0.4, -0.2) is 22.7 Å². The summed E-state index contributed by atoms with van der Waals surface area (Å²) in [5.74, 6) is 0.764. The average molecular weight is 273 g/mol. The molecule has 5 nitrogen and oxygen atoms in total. The molecule has 0 aliphatic heterocycles. The predicted octanol–water partition coefficient (Wildman–Crippen LogP) is 2.61. The van der Waals surface area contributed by atoms with Crippen LogP contribution in [0.25, 0.3) is 0 Å². The maximum Gasteiger partial charge on any atom is 0.228 e. The third kappa shape index (κ3) is 3.38. The molecule has 0 aliphatic carbocycles. The van der Waals surface area contributed by atoms with Gasteiger partial charge in [-0.05, 0) is 38.5 Å². The van der Waals surface area contributed by atoms with Crippen LogP contribution >= 0.6 is 0 Å². The number of rotatable bonds is 5. The quantitative estimate of drug-likeness (QED) is 0.880. The van der Waals surface area contributed by atoms with Gasteiger partial charge in [0.1, 0.15) is 5.75 Å². The van der Waals surface area contributed by atoms with Crippen LogP contribution in [0.1, 0.15) is 23.9 Å². The number of anilines is 1. The largest absolute Gasteiger partial charge is 0.494 e. The first-order chi connectivity index (χ1) is 9.60. The predicted molar refractivity (Wildman–Crippen MR) is 78.0 cm³/mol. The van der Waals surface area contributed by atoms with Crippen LogP contribution in [0.2, 0.25) is 0 Å². The van der Waals surface area contributed by atoms with E-state index in [-0.39, 0.29) is 5.91 Å². The zero-order valence-electron chi connectivity index (χ0n) is 12.0. The first-order valence-electron chi connectivity index (χ1n) is 6.63. The maximum atomic E-state index is 12.0. The number of benzene rings is 1. The van der Waals surface area contributed by atoms with E-state index in [0.717, 1.165) is 28.4 Å². The Bertz CT molecular complexity index is 568. The van der Waals surface area contributed by atoms with Gasteiger partial charge in [0.15, 0.2) is 0 Å². The summed E-state index contributed by atoms with van der Waals surface area (Å²) in [6.07, 6.45) is 0.330. The Morgan fingerprint density at radius 3 is 2.55 bits per heavy atom. The number of hydrogen-bond acceptors (Lipinski definition) is 3. The van der Waals surface area contributed by atoms with Crippen LogP contribution in [0, 0.1) is 13.8 Å². The highest BCUT2D eigenvalue weighted by Gasteiger charge is 2.10. The number of aromatic amines is 1. The first kappa shape index (κ1) is 14.1. The molecule has 1 heterocycles. The van der Waals surface area contributed by atoms with Crippen molar-refractivity contribution in [2.75, 3.05) is 11.9 Å². The van der Waals surface area contributed by atoms with Crippen molar-refractivity contribution in [3.05, 3.63) is 41.2 Å². The van der Waals surface area contributed by atoms with Crippen molar-refractivity contribution in [1.82, 2.24) is 10.2 Å². The van der Waals surface area contributed by atoms with E-state index in [0.29, 0.717) is 13.0 Å². The highest BCUT2D eigenvalue weighted by atomic mass is 16.5. The molecule has 0 atom stereocenters. The van der Waals surface area contributed by atoms with Gasteiger partial charge in [-0.3, -0.25) is 9.89 Å². The highest BCUT2D eigenvalue weighted by molar-refractivity contribution is 5.93. The Morgan fingerprint density at radius 1 is 1.30 bits per heavy atom. The zero-order chi connectivity index (χ0) is 14.5. The number of aromatic nitrogens is 2. The van der Waals surface area contributed by atoms with Crippen LogP contribution in [-0.2, 0) is 11.2 Å². The third-order valence-electron chi connectivity index (χ3n) is 2.99. The monoisotopic (exact) mass is 273 g/mol. The molecule has 1 amide bonds. The number of carbonyl (C=O) groups excluding carboxylic acids is 1. The second-order valence-electron chi connectivity index (χ2n) is 4.61. The molecule has 0 fully saturated rings. The number of amides is 1. The maximum absolute atomic E-state index is 12.0. The van der Waals surface area contributed by atoms with Gasteiger partial charge in [0.2, 0.25) is 5.91 Å². The van der Waals surface area contributed by atoms with E-state index < -0.39 is 0 Å². The number of nitrogens with one attached hydrogen (secondary N) is 2. The number of ether oxygens (including phenoxy) is 1. The fourth-order valence-electron chi connectivity index (χ4n) is 1.97. The van der Waals surface area contributed by atoms with Gasteiger partial charge in [-0.2, -0.15) is 5.10 Å². The van der Waals surface area contributed by atoms with Crippen molar-refractivity contribution in [1.29, 1.82) is 0 Å². The normalized spacial score (nSPS) is 10.3. The van der Waals surface area contributed by atoms with E-state index in [2.05, 4.69) is 15.5 Å². The average Bonchev–Trinajstić information content (AvgIpc) is 2.73. The second-order valence-corrected chi connectivity index (χ2v) is 4.61. The molecule has 0 unspecified atom stereocenters. The minimum atomic E-state index is -0.0539. The van der Waals surface area contributed by atoms with Crippen LogP contribution in [0.3, 0.4) is 0 Å². The van der Waals surface area contributed by atoms with Crippen molar-refractivity contribution in [2.24, 2.45) is 0 Å². The SMILES string of the molecule is CCOc1ccc(CC(=O)Nc2c(C)n[nH]c2C)cc1. The van der Waals surface area contributed by atoms with Crippen molar-refractivity contribution in [2.45, 2.75) is 27.2 Å². The fourth-order valence-corrected chi connectivity index (χ4v) is 1.97. The Morgan fingerprint density at radius 2 is 2.00 bits per heavy atom. The summed E-state index contributed by atoms with van der Waals surface area (Å²) in [7, 11) is 0. The minimum Gasteiger partial charge on any atom is -0.494 e. The third-order valence-corrected chi connectivity index (χ3v) is 2.99. The second kappa shape index (κ2) is 6.23. The van der Waals surface area contributed by atoms with Gasteiger partial charge in [-0.1, -0.05) is 12.1 Å². The van der Waals surface area contributed by atoms with Gasteiger partial charge >= 0.3 is 0 Å². The number of H-pyrrole nitrogens is 1. The summed E-state index contributed by atoms with van der Waals surface area (Å²) in [6.45, 7) is 6.32. The summed E-state index contributed by atoms with van der Waals surface area (Å²) in [6, 6.07) is 7.56. The fraction of sp³-hybridized carbons (Fsp3) is 0.333. The van der Waals surface area contributed by atoms with Crippen LogP contribution in [0.5, 0.6) is 5.75 Å². The number of aryl methyl sites for hydroxylation is 2. The van der Waals surface area contributed by atoms with Gasteiger partial charge in [-0.15, -0.1) is 0 Å². The first-order valence-corrected chi connectivity index (χ1v) is 6.63. The van der Waals surface area contributed by atoms with Gasteiger partial charge in [0, 0.05) is 0 Å². The van der Waals surface area contributed by atoms with E-state index in [1.165, 1.54) is 0 Å². The van der Waals surface area contributed by atoms with E-state index in [9.17, 15) is 4.79 Å². The molecular weight excluding hydrogens is 254 g/mol. The summed E-state index contributed by atoms with van der Waals surface area (Å²) in [5, 5.41) is 9.78. The van der Waals surface area contributed by atoms with E-state index in [4.69, 9.17) is 4.74 Å². The van der Waals surface area contributed by atoms with E-state index in [1.54, 1.807) is 0 Å². The van der Waals surface area contributed by atoms with Crippen LogP contribution < -0.4 is 10.1 Å². The molecule has 2 rings (SSSR count). The molecular formula is C15H19N3O2. The molecule has 2 N–H and O–H groups in total. The topological polar surface area (TPSA) is 67.0 Å². The Balaban J connectivity index is 1.97. The van der Waals surface area contributed by atoms with Crippen LogP contribution in [0.4, 0.5) is 5.69 Å². The Labute approximate surface area is 118 Å². The molecule has 0 bridgehead atoms. The van der Waals surface area contributed by atoms with Crippen LogP contribution in [0.15, 0.2) is 24.3 Å². The summed E-state index contributed by atoms with van der Waals surface area (Å²) < 4.78 is 5.37. The highest BCUT2D eigenvalue weighted by Crippen LogP contribution is 2.17. The van der Waals surface area contributed by atoms with Gasteiger partial charge in [-0.25, -0.2) is 0 Å². The summed E-state index contributed by atoms with van der Waals surface area (Å²) in [4.78, 5) is 12.0. The molecule has 1 aromatic carbocycles. The van der Waals surface area contributed by atoms with Crippen molar-refractivity contribution in [3.63, 3.8) is 0 Å². The van der Waals surface area contributed by atoms with Gasteiger partial charge < -0.3 is 10.1 Å². The standard InChI is InChI=1S/C15H19N3O2/c1-4-20-13-7-5-12(6-8-13)9-14(19)16-15-10(2)17-18-11(15)3/h5-8H,4,9H2,1-3H3,(H,16,19)(H,17,18). The van der Waals surface area contributed by atoms with Crippen molar-refractivity contribution < 1.29 is 9.53 Å². The van der Waals surface area contributed by atoms with Gasteiger partial charge in [0.05, 0.1) is 30.1 Å². The molecule has 0 spiro atoms. The molecule has 0 saturated carbocycles. The number of nitrogens with zero attached hydrogens (tertiary/aromatic N) is 1. The van der Waals surface area contributed by atoms with Gasteiger partial charge in [0.25, 0.3) is 0 Å². The molecule has 20 heavy (non-hydrogen) atoms. The number of hydrogen-bond donors (Lipinski definition) is 2. The molecule has 0 aliphatic rings. The molecule has 106 valence electrons. The molecule has 0 saturated heterocycles.